The number of carbonyl (C=O) groups is 1. The predicted octanol–water partition coefficient (Wildman–Crippen LogP) is 4.05. The summed E-state index contributed by atoms with van der Waals surface area (Å²) in [7, 11) is -3.78. The van der Waals surface area contributed by atoms with Gasteiger partial charge in [0.1, 0.15) is 0 Å². The van der Waals surface area contributed by atoms with Gasteiger partial charge in [-0.25, -0.2) is 13.6 Å². The zero-order valence-corrected chi connectivity index (χ0v) is 18.4. The quantitative estimate of drug-likeness (QED) is 0.584. The van der Waals surface area contributed by atoms with Gasteiger partial charge in [0.05, 0.1) is 10.3 Å². The molecule has 0 saturated heterocycles. The number of fused-ring (bicyclic) bond motifs is 1. The van der Waals surface area contributed by atoms with Crippen LogP contribution in [0.25, 0.3) is 11.1 Å². The number of halogens is 1. The first-order chi connectivity index (χ1) is 15.3. The normalized spacial score (nSPS) is 15.9. The second-order valence-corrected chi connectivity index (χ2v) is 9.84. The minimum atomic E-state index is -3.78. The summed E-state index contributed by atoms with van der Waals surface area (Å²) in [4.78, 5) is 13.2. The maximum Gasteiger partial charge on any atom is 0.238 e. The van der Waals surface area contributed by atoms with E-state index in [0.29, 0.717) is 33.3 Å². The number of rotatable bonds is 5. The molecule has 0 atom stereocenters. The molecule has 3 aromatic rings. The minimum Gasteiger partial charge on any atom is -0.454 e. The molecule has 1 saturated carbocycles. The average Bonchev–Trinajstić information content (AvgIpc) is 3.45. The molecule has 5 rings (SSSR count). The van der Waals surface area contributed by atoms with E-state index in [4.69, 9.17) is 26.2 Å². The monoisotopic (exact) mass is 470 g/mol. The number of hydrogen-bond acceptors (Lipinski definition) is 5. The number of anilines is 1. The average molecular weight is 471 g/mol. The summed E-state index contributed by atoms with van der Waals surface area (Å²) in [5, 5.41) is 8.64. The number of nitrogens with two attached hydrogens (primary N) is 1. The van der Waals surface area contributed by atoms with Gasteiger partial charge in [-0.15, -0.1) is 0 Å². The van der Waals surface area contributed by atoms with Crippen LogP contribution < -0.4 is 19.9 Å². The van der Waals surface area contributed by atoms with Crippen molar-refractivity contribution in [2.45, 2.75) is 23.2 Å². The number of hydrogen-bond donors (Lipinski definition) is 2. The van der Waals surface area contributed by atoms with Gasteiger partial charge in [-0.05, 0) is 66.4 Å². The summed E-state index contributed by atoms with van der Waals surface area (Å²) in [5.74, 6) is 1.23. The molecule has 32 heavy (non-hydrogen) atoms. The Hall–Kier alpha value is -3.07. The molecule has 3 aromatic carbocycles. The van der Waals surface area contributed by atoms with Gasteiger partial charge in [0.2, 0.25) is 22.7 Å². The molecular weight excluding hydrogens is 452 g/mol. The SMILES string of the molecule is NS(=O)(=O)c1ccc(-c2cc(NC(=O)C3(c4ccc5c(c4)OCO5)CC3)ccc2Cl)cc1. The molecule has 0 radical (unpaired) electrons. The summed E-state index contributed by atoms with van der Waals surface area (Å²) >= 11 is 6.37. The van der Waals surface area contributed by atoms with Gasteiger partial charge < -0.3 is 14.8 Å². The summed E-state index contributed by atoms with van der Waals surface area (Å²) in [6, 6.07) is 16.9. The molecule has 9 heteroatoms. The first-order valence-electron chi connectivity index (χ1n) is 9.91. The summed E-state index contributed by atoms with van der Waals surface area (Å²) in [6.45, 7) is 0.184. The Morgan fingerprint density at radius 3 is 2.38 bits per heavy atom. The number of benzene rings is 3. The van der Waals surface area contributed by atoms with Gasteiger partial charge >= 0.3 is 0 Å². The van der Waals surface area contributed by atoms with Crippen molar-refractivity contribution in [2.24, 2.45) is 5.14 Å². The molecule has 0 spiro atoms. The fourth-order valence-corrected chi connectivity index (χ4v) is 4.61. The molecule has 1 fully saturated rings. The van der Waals surface area contributed by atoms with Crippen LogP contribution in [-0.4, -0.2) is 21.1 Å². The highest BCUT2D eigenvalue weighted by Gasteiger charge is 2.51. The van der Waals surface area contributed by atoms with Crippen molar-refractivity contribution in [1.82, 2.24) is 0 Å². The van der Waals surface area contributed by atoms with E-state index < -0.39 is 15.4 Å². The Kier molecular flexibility index (Phi) is 4.88. The molecule has 0 unspecified atom stereocenters. The molecule has 0 aromatic heterocycles. The Morgan fingerprint density at radius 2 is 1.69 bits per heavy atom. The lowest BCUT2D eigenvalue weighted by Crippen LogP contribution is -2.27. The van der Waals surface area contributed by atoms with Crippen molar-refractivity contribution in [1.29, 1.82) is 0 Å². The fourth-order valence-electron chi connectivity index (χ4n) is 3.87. The van der Waals surface area contributed by atoms with Gasteiger partial charge in [-0.3, -0.25) is 4.79 Å². The minimum absolute atomic E-state index is 0.0150. The van der Waals surface area contributed by atoms with Gasteiger partial charge in [0, 0.05) is 16.3 Å². The van der Waals surface area contributed by atoms with Gasteiger partial charge in [0.25, 0.3) is 0 Å². The van der Waals surface area contributed by atoms with E-state index in [0.717, 1.165) is 18.4 Å². The van der Waals surface area contributed by atoms with Gasteiger partial charge in [-0.1, -0.05) is 29.8 Å². The molecule has 3 N–H and O–H groups in total. The highest BCUT2D eigenvalue weighted by Crippen LogP contribution is 2.51. The molecule has 1 aliphatic heterocycles. The lowest BCUT2D eigenvalue weighted by molar-refractivity contribution is -0.118. The van der Waals surface area contributed by atoms with E-state index in [9.17, 15) is 13.2 Å². The van der Waals surface area contributed by atoms with E-state index in [1.165, 1.54) is 12.1 Å². The van der Waals surface area contributed by atoms with Crippen molar-refractivity contribution < 1.29 is 22.7 Å². The summed E-state index contributed by atoms with van der Waals surface area (Å²) in [6.07, 6.45) is 1.49. The first-order valence-corrected chi connectivity index (χ1v) is 11.8. The van der Waals surface area contributed by atoms with E-state index in [1.807, 2.05) is 18.2 Å². The Labute approximate surface area is 190 Å². The zero-order valence-electron chi connectivity index (χ0n) is 16.8. The Morgan fingerprint density at radius 1 is 0.969 bits per heavy atom. The molecule has 164 valence electrons. The van der Waals surface area contributed by atoms with Crippen LogP contribution in [0.15, 0.2) is 65.6 Å². The number of primary sulfonamides is 1. The number of amides is 1. The first kappa shape index (κ1) is 20.8. The van der Waals surface area contributed by atoms with Crippen LogP contribution >= 0.6 is 11.6 Å². The lowest BCUT2D eigenvalue weighted by atomic mass is 9.94. The smallest absolute Gasteiger partial charge is 0.238 e. The third-order valence-electron chi connectivity index (χ3n) is 5.83. The number of nitrogens with one attached hydrogen (secondary N) is 1. The maximum absolute atomic E-state index is 13.2. The molecule has 7 nitrogen and oxygen atoms in total. The standard InChI is InChI=1S/C23H19ClN2O5S/c24-19-7-4-16(12-18(19)14-1-5-17(6-2-14)32(25,28)29)26-22(27)23(9-10-23)15-3-8-20-21(11-15)31-13-30-20/h1-8,11-12H,9-10,13H2,(H,26,27)(H2,25,28,29). The van der Waals surface area contributed by atoms with Crippen LogP contribution in [0.2, 0.25) is 5.02 Å². The number of ether oxygens (including phenoxy) is 2. The van der Waals surface area contributed by atoms with Crippen LogP contribution in [0, 0.1) is 0 Å². The molecule has 2 aliphatic rings. The lowest BCUT2D eigenvalue weighted by Gasteiger charge is -2.17. The zero-order chi connectivity index (χ0) is 22.5. The Balaban J connectivity index is 1.40. The van der Waals surface area contributed by atoms with Crippen LogP contribution in [0.1, 0.15) is 18.4 Å². The van der Waals surface area contributed by atoms with E-state index >= 15 is 0 Å². The van der Waals surface area contributed by atoms with Crippen LogP contribution in [0.4, 0.5) is 5.69 Å². The van der Waals surface area contributed by atoms with Crippen molar-refractivity contribution >= 4 is 33.2 Å². The second-order valence-electron chi connectivity index (χ2n) is 7.87. The third kappa shape index (κ3) is 3.70. The van der Waals surface area contributed by atoms with Crippen molar-refractivity contribution in [3.05, 3.63) is 71.2 Å². The molecule has 1 amide bonds. The van der Waals surface area contributed by atoms with Gasteiger partial charge in [0.15, 0.2) is 11.5 Å². The Bertz CT molecular complexity index is 1330. The molecule has 0 bridgehead atoms. The van der Waals surface area contributed by atoms with Crippen molar-refractivity contribution in [3.8, 4) is 22.6 Å². The van der Waals surface area contributed by atoms with E-state index in [-0.39, 0.29) is 17.6 Å². The van der Waals surface area contributed by atoms with Crippen LogP contribution in [-0.2, 0) is 20.2 Å². The topological polar surface area (TPSA) is 108 Å². The maximum atomic E-state index is 13.2. The second kappa shape index (κ2) is 7.51. The van der Waals surface area contributed by atoms with Crippen molar-refractivity contribution in [2.75, 3.05) is 12.1 Å². The summed E-state index contributed by atoms with van der Waals surface area (Å²) in [5.41, 5.74) is 2.26. The van der Waals surface area contributed by atoms with E-state index in [1.54, 1.807) is 30.3 Å². The largest absolute Gasteiger partial charge is 0.454 e. The third-order valence-corrected chi connectivity index (χ3v) is 7.09. The molecule has 1 aliphatic carbocycles. The van der Waals surface area contributed by atoms with Crippen LogP contribution in [0.5, 0.6) is 11.5 Å². The highest BCUT2D eigenvalue weighted by molar-refractivity contribution is 7.89. The highest BCUT2D eigenvalue weighted by atomic mass is 35.5. The van der Waals surface area contributed by atoms with Crippen LogP contribution in [0.3, 0.4) is 0 Å². The predicted molar refractivity (Wildman–Crippen MR) is 120 cm³/mol. The molecular formula is C23H19ClN2O5S. The number of carbonyl (C=O) groups excluding carboxylic acids is 1. The van der Waals surface area contributed by atoms with E-state index in [2.05, 4.69) is 5.32 Å². The summed E-state index contributed by atoms with van der Waals surface area (Å²) < 4.78 is 33.8. The molecule has 1 heterocycles. The van der Waals surface area contributed by atoms with Gasteiger partial charge in [-0.2, -0.15) is 0 Å². The number of sulfonamides is 1. The fraction of sp³-hybridized carbons (Fsp3) is 0.174. The van der Waals surface area contributed by atoms with Crippen molar-refractivity contribution in [3.63, 3.8) is 0 Å².